The Kier molecular flexibility index (Phi) is 5.35. The summed E-state index contributed by atoms with van der Waals surface area (Å²) >= 11 is 1.78. The summed E-state index contributed by atoms with van der Waals surface area (Å²) < 4.78 is 19.3. The van der Waals surface area contributed by atoms with Crippen LogP contribution in [0, 0.1) is 5.82 Å². The van der Waals surface area contributed by atoms with E-state index < -0.39 is 0 Å². The van der Waals surface area contributed by atoms with Crippen molar-refractivity contribution in [2.75, 3.05) is 45.7 Å². The molecule has 1 aromatic carbocycles. The highest BCUT2D eigenvalue weighted by Crippen LogP contribution is 2.44. The maximum Gasteiger partial charge on any atom is 0.140 e. The predicted octanol–water partition coefficient (Wildman–Crippen LogP) is 4.63. The Morgan fingerprint density at radius 1 is 1.33 bits per heavy atom. The largest absolute Gasteiger partial charge is 0.385 e. The van der Waals surface area contributed by atoms with Gasteiger partial charge in [-0.25, -0.2) is 9.38 Å². The highest BCUT2D eigenvalue weighted by Gasteiger charge is 2.32. The lowest BCUT2D eigenvalue weighted by molar-refractivity contribution is 0.100. The number of halogens is 1. The summed E-state index contributed by atoms with van der Waals surface area (Å²) in [6, 6.07) is 5.22. The van der Waals surface area contributed by atoms with E-state index in [1.54, 1.807) is 30.6 Å². The second kappa shape index (κ2) is 8.13. The molecule has 1 fully saturated rings. The average molecular weight is 427 g/mol. The van der Waals surface area contributed by atoms with Crippen LogP contribution >= 0.6 is 11.3 Å². The number of aryl methyl sites for hydroxylation is 1. The number of piperazine rings is 1. The molecule has 0 unspecified atom stereocenters. The molecule has 30 heavy (non-hydrogen) atoms. The van der Waals surface area contributed by atoms with Gasteiger partial charge in [0.2, 0.25) is 0 Å². The number of methoxy groups -OCH3 is 1. The number of nitrogens with one attached hydrogen (secondary N) is 1. The van der Waals surface area contributed by atoms with Gasteiger partial charge in [0.25, 0.3) is 0 Å². The monoisotopic (exact) mass is 426 g/mol. The summed E-state index contributed by atoms with van der Waals surface area (Å²) in [6.07, 6.45) is 7.59. The molecule has 2 aromatic rings. The number of rotatable bonds is 3. The number of allylic oxidation sites excluding steroid dienone is 1. The van der Waals surface area contributed by atoms with Crippen molar-refractivity contribution in [3.05, 3.63) is 46.1 Å². The van der Waals surface area contributed by atoms with E-state index in [2.05, 4.69) is 34.3 Å². The third kappa shape index (κ3) is 3.55. The van der Waals surface area contributed by atoms with Crippen LogP contribution in [0.25, 0.3) is 6.08 Å². The molecule has 1 saturated heterocycles. The molecule has 158 valence electrons. The van der Waals surface area contributed by atoms with Crippen molar-refractivity contribution in [1.82, 2.24) is 9.80 Å². The van der Waals surface area contributed by atoms with Crippen molar-refractivity contribution in [1.29, 1.82) is 0 Å². The van der Waals surface area contributed by atoms with Crippen molar-refractivity contribution in [2.45, 2.75) is 25.3 Å². The second-order valence-electron chi connectivity index (χ2n) is 8.17. The molecule has 0 spiro atoms. The number of likely N-dealkylation sites (N-methyl/N-ethyl adjacent to an activating group) is 1. The quantitative estimate of drug-likeness (QED) is 0.777. The van der Waals surface area contributed by atoms with E-state index in [4.69, 9.17) is 9.73 Å². The summed E-state index contributed by atoms with van der Waals surface area (Å²) in [5, 5.41) is 4.57. The minimum absolute atomic E-state index is 0.248. The van der Waals surface area contributed by atoms with Gasteiger partial charge in [-0.3, -0.25) is 4.90 Å². The molecule has 1 aliphatic carbocycles. The first kappa shape index (κ1) is 19.7. The smallest absolute Gasteiger partial charge is 0.140 e. The molecular formula is C23H27FN4OS. The zero-order valence-electron chi connectivity index (χ0n) is 17.4. The Bertz CT molecular complexity index is 1010. The Morgan fingerprint density at radius 2 is 2.23 bits per heavy atom. The highest BCUT2D eigenvalue weighted by molar-refractivity contribution is 7.17. The van der Waals surface area contributed by atoms with Crippen LogP contribution in [0.5, 0.6) is 0 Å². The zero-order valence-corrected chi connectivity index (χ0v) is 18.3. The number of aliphatic imine (C=N–C) groups is 1. The molecule has 0 saturated carbocycles. The SMILES string of the molecule is COCC[C@H]1CN(C2=Nc3ccc(F)cc3Nc3sc4c(c32)C=CCC4)CCN1C. The normalized spacial score (nSPS) is 20.7. The van der Waals surface area contributed by atoms with Crippen LogP contribution < -0.4 is 5.32 Å². The van der Waals surface area contributed by atoms with Gasteiger partial charge in [-0.2, -0.15) is 0 Å². The van der Waals surface area contributed by atoms with E-state index in [1.807, 2.05) is 0 Å². The first-order valence-corrected chi connectivity index (χ1v) is 11.4. The average Bonchev–Trinajstić information content (AvgIpc) is 3.02. The molecule has 0 bridgehead atoms. The fourth-order valence-corrected chi connectivity index (χ4v) is 5.72. The Labute approximate surface area is 180 Å². The van der Waals surface area contributed by atoms with E-state index in [0.717, 1.165) is 73.3 Å². The molecule has 1 atom stereocenters. The molecule has 7 heteroatoms. The lowest BCUT2D eigenvalue weighted by Crippen LogP contribution is -2.53. The minimum atomic E-state index is -0.248. The lowest BCUT2D eigenvalue weighted by Gasteiger charge is -2.41. The Hall–Kier alpha value is -2.22. The summed E-state index contributed by atoms with van der Waals surface area (Å²) in [4.78, 5) is 11.3. The summed E-state index contributed by atoms with van der Waals surface area (Å²) in [6.45, 7) is 3.56. The molecule has 3 heterocycles. The topological polar surface area (TPSA) is 40.1 Å². The standard InChI is InChI=1S/C23H27FN4OS/c1-27-10-11-28(14-16(27)9-12-29-2)22-21-17-5-3-4-6-20(17)30-23(21)26-19-13-15(24)7-8-18(19)25-22/h3,5,7-8,13,16,26H,4,6,9-12,14H2,1-2H3/t16-/m0/s1. The fourth-order valence-electron chi connectivity index (χ4n) is 4.51. The van der Waals surface area contributed by atoms with Gasteiger partial charge >= 0.3 is 0 Å². The summed E-state index contributed by atoms with van der Waals surface area (Å²) in [5.74, 6) is 0.754. The molecule has 0 radical (unpaired) electrons. The van der Waals surface area contributed by atoms with Crippen LogP contribution in [0.4, 0.5) is 20.8 Å². The minimum Gasteiger partial charge on any atom is -0.385 e. The molecule has 5 nitrogen and oxygen atoms in total. The summed E-state index contributed by atoms with van der Waals surface area (Å²) in [5.41, 5.74) is 3.96. The molecular weight excluding hydrogens is 399 g/mol. The zero-order chi connectivity index (χ0) is 20.7. The third-order valence-electron chi connectivity index (χ3n) is 6.23. The van der Waals surface area contributed by atoms with Crippen molar-refractivity contribution in [3.8, 4) is 0 Å². The number of fused-ring (bicyclic) bond motifs is 4. The number of anilines is 2. The maximum atomic E-state index is 14.0. The molecule has 1 N–H and O–H groups in total. The van der Waals surface area contributed by atoms with Crippen LogP contribution in [0.15, 0.2) is 29.3 Å². The van der Waals surface area contributed by atoms with Gasteiger partial charge in [0.15, 0.2) is 0 Å². The Balaban J connectivity index is 1.59. The number of amidine groups is 1. The first-order valence-electron chi connectivity index (χ1n) is 10.6. The van der Waals surface area contributed by atoms with Gasteiger partial charge < -0.3 is 15.0 Å². The molecule has 5 rings (SSSR count). The highest BCUT2D eigenvalue weighted by atomic mass is 32.1. The van der Waals surface area contributed by atoms with Crippen molar-refractivity contribution < 1.29 is 9.13 Å². The van der Waals surface area contributed by atoms with Crippen LogP contribution in [0.2, 0.25) is 0 Å². The van der Waals surface area contributed by atoms with Crippen molar-refractivity contribution in [3.63, 3.8) is 0 Å². The van der Waals surface area contributed by atoms with Gasteiger partial charge in [0, 0.05) is 49.8 Å². The van der Waals surface area contributed by atoms with Crippen molar-refractivity contribution >= 4 is 39.6 Å². The molecule has 3 aliphatic rings. The number of hydrogen-bond donors (Lipinski definition) is 1. The second-order valence-corrected chi connectivity index (χ2v) is 9.27. The lowest BCUT2D eigenvalue weighted by atomic mass is 10.00. The molecule has 1 aromatic heterocycles. The van der Waals surface area contributed by atoms with Crippen LogP contribution in [-0.2, 0) is 11.2 Å². The van der Waals surface area contributed by atoms with Crippen LogP contribution in [0.3, 0.4) is 0 Å². The molecule has 0 amide bonds. The number of benzene rings is 1. The number of thiophene rings is 1. The van der Waals surface area contributed by atoms with E-state index in [9.17, 15) is 4.39 Å². The summed E-state index contributed by atoms with van der Waals surface area (Å²) in [7, 11) is 3.95. The Morgan fingerprint density at radius 3 is 3.10 bits per heavy atom. The number of ether oxygens (including phenoxy) is 1. The fraction of sp³-hybridized carbons (Fsp3) is 0.435. The van der Waals surface area contributed by atoms with Crippen LogP contribution in [-0.4, -0.2) is 62.1 Å². The number of nitrogens with zero attached hydrogens (tertiary/aromatic N) is 3. The number of hydrogen-bond acceptors (Lipinski definition) is 6. The van der Waals surface area contributed by atoms with Gasteiger partial charge in [-0.1, -0.05) is 12.2 Å². The van der Waals surface area contributed by atoms with E-state index in [-0.39, 0.29) is 5.82 Å². The first-order chi connectivity index (χ1) is 14.6. The predicted molar refractivity (Wildman–Crippen MR) is 122 cm³/mol. The van der Waals surface area contributed by atoms with Gasteiger partial charge in [-0.05, 0) is 44.5 Å². The van der Waals surface area contributed by atoms with E-state index >= 15 is 0 Å². The van der Waals surface area contributed by atoms with E-state index in [0.29, 0.717) is 6.04 Å². The van der Waals surface area contributed by atoms with Crippen molar-refractivity contribution in [2.24, 2.45) is 4.99 Å². The van der Waals surface area contributed by atoms with Gasteiger partial charge in [0.05, 0.1) is 16.9 Å². The van der Waals surface area contributed by atoms with Gasteiger partial charge in [-0.15, -0.1) is 11.3 Å². The third-order valence-corrected chi connectivity index (χ3v) is 7.41. The maximum absolute atomic E-state index is 14.0. The molecule has 2 aliphatic heterocycles. The van der Waals surface area contributed by atoms with Crippen LogP contribution in [0.1, 0.15) is 28.8 Å². The van der Waals surface area contributed by atoms with Gasteiger partial charge in [0.1, 0.15) is 16.7 Å². The van der Waals surface area contributed by atoms with E-state index in [1.165, 1.54) is 16.5 Å².